The summed E-state index contributed by atoms with van der Waals surface area (Å²) in [5.74, 6) is 0. The van der Waals surface area contributed by atoms with Crippen molar-refractivity contribution in [3.8, 4) is 0 Å². The van der Waals surface area contributed by atoms with Crippen LogP contribution in [0.2, 0.25) is 0 Å². The minimum absolute atomic E-state index is 0. The first-order chi connectivity index (χ1) is 1.41. The van der Waals surface area contributed by atoms with E-state index in [2.05, 4.69) is 27.6 Å². The van der Waals surface area contributed by atoms with Crippen LogP contribution >= 0.6 is 23.7 Å². The zero-order chi connectivity index (χ0) is 2.71. The summed E-state index contributed by atoms with van der Waals surface area (Å²) in [6.45, 7) is 0. The third-order valence-corrected chi connectivity index (χ3v) is 0. The van der Waals surface area contributed by atoms with Crippen LogP contribution in [-0.2, 0) is 3.84 Å². The first-order valence-corrected chi connectivity index (χ1v) is 0.926. The van der Waals surface area contributed by atoms with Gasteiger partial charge in [-0.2, -0.15) is 3.84 Å². The van der Waals surface area contributed by atoms with Gasteiger partial charge in [0.1, 0.15) is 0 Å². The summed E-state index contributed by atoms with van der Waals surface area (Å²) in [6.07, 6.45) is 0. The van der Waals surface area contributed by atoms with E-state index < -0.39 is 0 Å². The van der Waals surface area contributed by atoms with Gasteiger partial charge in [0.15, 0.2) is 0 Å². The number of hydrogen-bond acceptors (Lipinski definition) is 1. The quantitative estimate of drug-likeness (QED) is 0.438. The van der Waals surface area contributed by atoms with E-state index in [-0.39, 0.29) is 51.4 Å². The van der Waals surface area contributed by atoms with Crippen molar-refractivity contribution in [1.82, 2.24) is 0 Å². The maximum absolute atomic E-state index is 4.26. The van der Waals surface area contributed by atoms with Crippen molar-refractivity contribution < 1.29 is 3.84 Å². The molecule has 0 aromatic heterocycles. The predicted molar refractivity (Wildman–Crippen MR) is 18.5 cm³/mol. The maximum Gasteiger partial charge on any atom is 0.0832 e. The minimum atomic E-state index is 0. The monoisotopic (exact) mass is 125 g/mol. The number of hydrogen-bond donors (Lipinski definition) is 0. The molecule has 0 aromatic rings. The molecule has 0 fully saturated rings. The topological polar surface area (TPSA) is 9.23 Å². The summed E-state index contributed by atoms with van der Waals surface area (Å²) >= 11 is 8.53. The Morgan fingerprint density at radius 3 is 1.25 bits per heavy atom. The van der Waals surface area contributed by atoms with Gasteiger partial charge in [0.05, 0.1) is 23.7 Å². The van der Waals surface area contributed by atoms with Gasteiger partial charge in [0, 0.05) is 51.4 Å². The summed E-state index contributed by atoms with van der Waals surface area (Å²) in [5.41, 5.74) is 0. The zero-order valence-corrected chi connectivity index (χ0v) is 6.80. The molecule has 0 saturated heterocycles. The fourth-order valence-electron chi connectivity index (χ4n) is 0. The number of rotatable bonds is 0. The molecule has 0 aliphatic heterocycles. The molecule has 0 amide bonds. The first-order valence-electron chi connectivity index (χ1n) is 0.309. The van der Waals surface area contributed by atoms with E-state index in [1.54, 1.807) is 0 Å². The molecule has 4 heavy (non-hydrogen) atoms. The molecule has 0 unspecified atom stereocenters. The molecule has 0 saturated carbocycles. The third-order valence-electron chi connectivity index (χ3n) is 0. The van der Waals surface area contributed by atoms with E-state index in [1.165, 1.54) is 0 Å². The van der Waals surface area contributed by atoms with Crippen molar-refractivity contribution in [3.63, 3.8) is 0 Å². The second-order valence-electron chi connectivity index (χ2n) is 0.0583. The third kappa shape index (κ3) is 8.90. The van der Waals surface area contributed by atoms with E-state index in [9.17, 15) is 0 Å². The molecular formula is Cl2KO. The molecule has 0 rings (SSSR count). The largest absolute Gasteiger partial charge is 0.166 e. The van der Waals surface area contributed by atoms with E-state index >= 15 is 0 Å². The Bertz CT molecular complexity index is 6.00. The molecule has 0 N–H and O–H groups in total. The van der Waals surface area contributed by atoms with Crippen LogP contribution in [0.25, 0.3) is 0 Å². The van der Waals surface area contributed by atoms with E-state index in [4.69, 9.17) is 0 Å². The number of halogens is 2. The smallest absolute Gasteiger partial charge is 0.0832 e. The van der Waals surface area contributed by atoms with Crippen LogP contribution < -0.4 is 0 Å². The Balaban J connectivity index is 0. The van der Waals surface area contributed by atoms with Crippen molar-refractivity contribution in [3.05, 3.63) is 0 Å². The predicted octanol–water partition coefficient (Wildman–Crippen LogP) is 0.930. The molecule has 0 bridgehead atoms. The van der Waals surface area contributed by atoms with Gasteiger partial charge in [0.2, 0.25) is 0 Å². The second-order valence-corrected chi connectivity index (χ2v) is 0.525. The molecule has 0 heterocycles. The fraction of sp³-hybridized carbons (Fsp3) is 0. The van der Waals surface area contributed by atoms with Crippen LogP contribution in [0, 0.1) is 0 Å². The normalized spacial score (nSPS) is 4.50. The summed E-state index contributed by atoms with van der Waals surface area (Å²) in [7, 11) is 0. The van der Waals surface area contributed by atoms with Crippen LogP contribution in [0.4, 0.5) is 0 Å². The summed E-state index contributed by atoms with van der Waals surface area (Å²) in [5, 5.41) is 0. The Kier molecular flexibility index (Phi) is 21.2. The van der Waals surface area contributed by atoms with Gasteiger partial charge < -0.3 is 0 Å². The van der Waals surface area contributed by atoms with Gasteiger partial charge >= 0.3 is 0 Å². The fourth-order valence-corrected chi connectivity index (χ4v) is 0. The Labute approximate surface area is 77.4 Å². The molecule has 0 spiro atoms. The molecule has 1 nitrogen and oxygen atoms in total. The van der Waals surface area contributed by atoms with Crippen molar-refractivity contribution in [2.75, 3.05) is 0 Å². The molecule has 0 aromatic carbocycles. The molecule has 0 aliphatic rings. The van der Waals surface area contributed by atoms with E-state index in [1.807, 2.05) is 0 Å². The van der Waals surface area contributed by atoms with Gasteiger partial charge in [-0.1, -0.05) is 0 Å². The van der Waals surface area contributed by atoms with Crippen LogP contribution in [-0.4, -0.2) is 51.4 Å². The van der Waals surface area contributed by atoms with Gasteiger partial charge in [0.25, 0.3) is 0 Å². The molecular weight excluding hydrogens is 126 g/mol. The average molecular weight is 126 g/mol. The van der Waals surface area contributed by atoms with Crippen LogP contribution in [0.15, 0.2) is 0 Å². The van der Waals surface area contributed by atoms with E-state index in [0.717, 1.165) is 0 Å². The molecule has 21 valence electrons. The summed E-state index contributed by atoms with van der Waals surface area (Å²) in [4.78, 5) is 0. The molecule has 0 atom stereocenters. The Hall–Kier alpha value is 2.18. The van der Waals surface area contributed by atoms with Crippen LogP contribution in [0.1, 0.15) is 0 Å². The van der Waals surface area contributed by atoms with Crippen molar-refractivity contribution in [1.29, 1.82) is 0 Å². The maximum atomic E-state index is 4.26. The summed E-state index contributed by atoms with van der Waals surface area (Å²) < 4.78 is 3.19. The van der Waals surface area contributed by atoms with Crippen molar-refractivity contribution in [2.45, 2.75) is 0 Å². The van der Waals surface area contributed by atoms with Crippen molar-refractivity contribution >= 4 is 75.1 Å². The Morgan fingerprint density at radius 1 is 1.25 bits per heavy atom. The second kappa shape index (κ2) is 8.95. The van der Waals surface area contributed by atoms with Gasteiger partial charge in [-0.3, -0.25) is 0 Å². The van der Waals surface area contributed by atoms with Gasteiger partial charge in [-0.25, -0.2) is 0 Å². The SMILES string of the molecule is ClOCl.[K]. The molecule has 4 heteroatoms. The van der Waals surface area contributed by atoms with Gasteiger partial charge in [-0.05, 0) is 0 Å². The first kappa shape index (κ1) is 9.49. The molecule has 0 aliphatic carbocycles. The van der Waals surface area contributed by atoms with Crippen LogP contribution in [0.5, 0.6) is 0 Å². The average Bonchev–Trinajstić information content (AvgIpc) is 0.918. The standard InChI is InChI=1S/Cl2O.K/c1-3-2;. The Morgan fingerprint density at radius 2 is 1.25 bits per heavy atom. The van der Waals surface area contributed by atoms with Gasteiger partial charge in [-0.15, -0.1) is 0 Å². The molecule has 1 radical (unpaired) electrons. The summed E-state index contributed by atoms with van der Waals surface area (Å²) in [6, 6.07) is 0. The van der Waals surface area contributed by atoms with Crippen molar-refractivity contribution in [2.24, 2.45) is 0 Å². The zero-order valence-electron chi connectivity index (χ0n) is 2.16. The van der Waals surface area contributed by atoms with Crippen LogP contribution in [0.3, 0.4) is 0 Å². The van der Waals surface area contributed by atoms with E-state index in [0.29, 0.717) is 0 Å². The minimum Gasteiger partial charge on any atom is -0.166 e.